The van der Waals surface area contributed by atoms with E-state index >= 15 is 0 Å². The zero-order valence-corrected chi connectivity index (χ0v) is 15.7. The van der Waals surface area contributed by atoms with Gasteiger partial charge in [-0.1, -0.05) is 35.9 Å². The standard InChI is InChI=1S/C20H21NO4S/c1-14-7-8-18(15(2)13-14)26(23,24)21-11-9-20(10-12-21)17-6-4-3-5-16(17)19(22)25-20/h3-8,13H,9-12H2,1-2H3. The Labute approximate surface area is 153 Å². The highest BCUT2D eigenvalue weighted by atomic mass is 32.2. The van der Waals surface area contributed by atoms with Gasteiger partial charge in [0, 0.05) is 31.5 Å². The van der Waals surface area contributed by atoms with Crippen molar-refractivity contribution in [3.63, 3.8) is 0 Å². The predicted octanol–water partition coefficient (Wildman–Crippen LogP) is 3.15. The number of carbonyl (C=O) groups excluding carboxylic acids is 1. The molecule has 0 unspecified atom stereocenters. The average Bonchev–Trinajstić information content (AvgIpc) is 2.87. The number of sulfonamides is 1. The summed E-state index contributed by atoms with van der Waals surface area (Å²) in [6.45, 7) is 4.43. The van der Waals surface area contributed by atoms with Crippen LogP contribution in [0.4, 0.5) is 0 Å². The van der Waals surface area contributed by atoms with Crippen molar-refractivity contribution in [3.8, 4) is 0 Å². The fraction of sp³-hybridized carbons (Fsp3) is 0.350. The van der Waals surface area contributed by atoms with Crippen LogP contribution in [0.15, 0.2) is 47.4 Å². The molecule has 5 nitrogen and oxygen atoms in total. The highest BCUT2D eigenvalue weighted by Crippen LogP contribution is 2.44. The lowest BCUT2D eigenvalue weighted by molar-refractivity contribution is -0.0329. The molecule has 0 amide bonds. The minimum absolute atomic E-state index is 0.314. The number of aryl methyl sites for hydroxylation is 2. The van der Waals surface area contributed by atoms with Gasteiger partial charge < -0.3 is 4.74 Å². The number of ether oxygens (including phenoxy) is 1. The van der Waals surface area contributed by atoms with Crippen molar-refractivity contribution in [1.29, 1.82) is 0 Å². The molecule has 0 atom stereocenters. The smallest absolute Gasteiger partial charge is 0.339 e. The summed E-state index contributed by atoms with van der Waals surface area (Å²) in [5.41, 5.74) is 2.57. The molecule has 0 saturated carbocycles. The fourth-order valence-corrected chi connectivity index (χ4v) is 5.68. The molecule has 1 saturated heterocycles. The Morgan fingerprint density at radius 2 is 1.73 bits per heavy atom. The van der Waals surface area contributed by atoms with Crippen molar-refractivity contribution in [2.24, 2.45) is 0 Å². The van der Waals surface area contributed by atoms with E-state index < -0.39 is 15.6 Å². The first kappa shape index (κ1) is 17.2. The molecule has 2 aromatic carbocycles. The van der Waals surface area contributed by atoms with Crippen molar-refractivity contribution in [2.75, 3.05) is 13.1 Å². The van der Waals surface area contributed by atoms with E-state index in [0.717, 1.165) is 16.7 Å². The minimum Gasteiger partial charge on any atom is -0.450 e. The molecule has 26 heavy (non-hydrogen) atoms. The van der Waals surface area contributed by atoms with E-state index in [2.05, 4.69) is 0 Å². The van der Waals surface area contributed by atoms with Crippen molar-refractivity contribution >= 4 is 16.0 Å². The zero-order valence-electron chi connectivity index (χ0n) is 14.9. The van der Waals surface area contributed by atoms with Crippen LogP contribution >= 0.6 is 0 Å². The van der Waals surface area contributed by atoms with Gasteiger partial charge in [-0.3, -0.25) is 0 Å². The largest absolute Gasteiger partial charge is 0.450 e. The number of piperidine rings is 1. The van der Waals surface area contributed by atoms with Crippen LogP contribution in [0.2, 0.25) is 0 Å². The number of fused-ring (bicyclic) bond motifs is 2. The number of rotatable bonds is 2. The monoisotopic (exact) mass is 371 g/mol. The van der Waals surface area contributed by atoms with Crippen molar-refractivity contribution in [3.05, 3.63) is 64.7 Å². The molecule has 2 heterocycles. The Bertz CT molecular complexity index is 989. The van der Waals surface area contributed by atoms with E-state index in [1.165, 1.54) is 4.31 Å². The summed E-state index contributed by atoms with van der Waals surface area (Å²) in [6, 6.07) is 12.8. The SMILES string of the molecule is Cc1ccc(S(=O)(=O)N2CCC3(CC2)OC(=O)c2ccccc23)c(C)c1. The molecule has 0 radical (unpaired) electrons. The molecule has 0 aliphatic carbocycles. The first-order valence-corrected chi connectivity index (χ1v) is 10.2. The summed E-state index contributed by atoms with van der Waals surface area (Å²) < 4.78 is 33.3. The summed E-state index contributed by atoms with van der Waals surface area (Å²) in [5.74, 6) is -0.314. The lowest BCUT2D eigenvalue weighted by atomic mass is 9.84. The summed E-state index contributed by atoms with van der Waals surface area (Å²) in [5, 5.41) is 0. The second-order valence-corrected chi connectivity index (χ2v) is 9.01. The van der Waals surface area contributed by atoms with Crippen molar-refractivity contribution < 1.29 is 17.9 Å². The van der Waals surface area contributed by atoms with Crippen LogP contribution < -0.4 is 0 Å². The Kier molecular flexibility index (Phi) is 3.93. The Morgan fingerprint density at radius 3 is 2.42 bits per heavy atom. The summed E-state index contributed by atoms with van der Waals surface area (Å²) >= 11 is 0. The van der Waals surface area contributed by atoms with Gasteiger partial charge in [-0.2, -0.15) is 4.31 Å². The number of nitrogens with zero attached hydrogens (tertiary/aromatic N) is 1. The predicted molar refractivity (Wildman–Crippen MR) is 97.4 cm³/mol. The van der Waals surface area contributed by atoms with Crippen molar-refractivity contribution in [2.45, 2.75) is 37.2 Å². The van der Waals surface area contributed by atoms with Crippen molar-refractivity contribution in [1.82, 2.24) is 4.31 Å². The topological polar surface area (TPSA) is 63.7 Å². The summed E-state index contributed by atoms with van der Waals surface area (Å²) in [4.78, 5) is 12.5. The lowest BCUT2D eigenvalue weighted by Gasteiger charge is -2.38. The first-order chi connectivity index (χ1) is 12.3. The van der Waals surface area contributed by atoms with Gasteiger partial charge in [0.15, 0.2) is 0 Å². The Hall–Kier alpha value is -2.18. The van der Waals surface area contributed by atoms with Gasteiger partial charge in [0.1, 0.15) is 5.60 Å². The van der Waals surface area contributed by atoms with Gasteiger partial charge in [-0.25, -0.2) is 13.2 Å². The van der Waals surface area contributed by atoms with Gasteiger partial charge in [0.2, 0.25) is 10.0 Å². The maximum atomic E-state index is 13.1. The third-order valence-electron chi connectivity index (χ3n) is 5.40. The van der Waals surface area contributed by atoms with Crippen LogP contribution in [0, 0.1) is 13.8 Å². The molecule has 0 N–H and O–H groups in total. The van der Waals surface area contributed by atoms with E-state index in [4.69, 9.17) is 4.74 Å². The summed E-state index contributed by atoms with van der Waals surface area (Å²) in [7, 11) is -3.55. The van der Waals surface area contributed by atoms with Gasteiger partial charge in [0.05, 0.1) is 10.5 Å². The highest BCUT2D eigenvalue weighted by molar-refractivity contribution is 7.89. The van der Waals surface area contributed by atoms with Crippen LogP contribution in [-0.2, 0) is 20.4 Å². The maximum Gasteiger partial charge on any atom is 0.339 e. The minimum atomic E-state index is -3.55. The third kappa shape index (κ3) is 2.56. The molecule has 2 aliphatic heterocycles. The fourth-order valence-electron chi connectivity index (χ4n) is 4.03. The van der Waals surface area contributed by atoms with E-state index in [1.54, 1.807) is 12.1 Å². The zero-order chi connectivity index (χ0) is 18.5. The van der Waals surface area contributed by atoms with Gasteiger partial charge >= 0.3 is 5.97 Å². The molecule has 1 spiro atoms. The van der Waals surface area contributed by atoms with E-state index in [9.17, 15) is 13.2 Å². The van der Waals surface area contributed by atoms with Crippen LogP contribution in [0.3, 0.4) is 0 Å². The van der Waals surface area contributed by atoms with Crippen LogP contribution in [0.1, 0.15) is 39.9 Å². The quantitative estimate of drug-likeness (QED) is 0.761. The maximum absolute atomic E-state index is 13.1. The van der Waals surface area contributed by atoms with Crippen LogP contribution in [0.5, 0.6) is 0 Å². The molecule has 2 aromatic rings. The lowest BCUT2D eigenvalue weighted by Crippen LogP contribution is -2.45. The highest BCUT2D eigenvalue weighted by Gasteiger charge is 2.48. The van der Waals surface area contributed by atoms with Crippen LogP contribution in [0.25, 0.3) is 0 Å². The number of carbonyl (C=O) groups is 1. The second-order valence-electron chi connectivity index (χ2n) is 7.10. The van der Waals surface area contributed by atoms with E-state index in [0.29, 0.717) is 36.4 Å². The number of esters is 1. The normalized spacial score (nSPS) is 19.4. The summed E-state index contributed by atoms with van der Waals surface area (Å²) in [6.07, 6.45) is 0.944. The Morgan fingerprint density at radius 1 is 1.04 bits per heavy atom. The van der Waals surface area contributed by atoms with Gasteiger partial charge in [-0.15, -0.1) is 0 Å². The molecular formula is C20H21NO4S. The molecule has 1 fully saturated rings. The molecule has 136 valence electrons. The molecule has 0 aromatic heterocycles. The molecule has 6 heteroatoms. The number of benzene rings is 2. The molecular weight excluding hydrogens is 350 g/mol. The molecule has 2 aliphatic rings. The number of hydrogen-bond acceptors (Lipinski definition) is 4. The second kappa shape index (κ2) is 5.93. The number of hydrogen-bond donors (Lipinski definition) is 0. The molecule has 4 rings (SSSR count). The van der Waals surface area contributed by atoms with E-state index in [-0.39, 0.29) is 5.97 Å². The first-order valence-electron chi connectivity index (χ1n) is 8.74. The van der Waals surface area contributed by atoms with Gasteiger partial charge in [0.25, 0.3) is 0 Å². The average molecular weight is 371 g/mol. The molecule has 0 bridgehead atoms. The van der Waals surface area contributed by atoms with Gasteiger partial charge in [-0.05, 0) is 31.5 Å². The van der Waals surface area contributed by atoms with E-state index in [1.807, 2.05) is 44.2 Å². The Balaban J connectivity index is 1.60. The van der Waals surface area contributed by atoms with Crippen LogP contribution in [-0.4, -0.2) is 31.8 Å². The third-order valence-corrected chi connectivity index (χ3v) is 7.46.